The van der Waals surface area contributed by atoms with Crippen molar-refractivity contribution in [3.63, 3.8) is 0 Å². The molecule has 4 nitrogen and oxygen atoms in total. The van der Waals surface area contributed by atoms with Gasteiger partial charge in [-0.15, -0.1) is 0 Å². The zero-order valence-corrected chi connectivity index (χ0v) is 15.0. The first-order valence-corrected chi connectivity index (χ1v) is 8.35. The highest BCUT2D eigenvalue weighted by Crippen LogP contribution is 2.34. The molecule has 0 saturated carbocycles. The van der Waals surface area contributed by atoms with Gasteiger partial charge in [-0.25, -0.2) is 4.79 Å². The number of hydrogen-bond donors (Lipinski definition) is 0. The number of esters is 1. The number of carbonyl (C=O) groups is 2. The molecule has 2 aromatic carbocycles. The van der Waals surface area contributed by atoms with Crippen LogP contribution in [0.15, 0.2) is 65.1 Å². The van der Waals surface area contributed by atoms with Crippen LogP contribution < -0.4 is 0 Å². The highest BCUT2D eigenvalue weighted by atomic mass is 16.5. The molecule has 3 rings (SSSR count). The number of benzene rings is 2. The molecule has 0 radical (unpaired) electrons. The molecule has 0 saturated heterocycles. The van der Waals surface area contributed by atoms with E-state index in [-0.39, 0.29) is 17.7 Å². The number of ether oxygens (including phenoxy) is 1. The number of Topliss-reactive ketones (excluding diaryl/α,β-unsaturated/α-hetero) is 1. The minimum absolute atomic E-state index is 0.0228. The third-order valence-electron chi connectivity index (χ3n) is 4.40. The summed E-state index contributed by atoms with van der Waals surface area (Å²) in [6.45, 7) is 3.33. The Kier molecular flexibility index (Phi) is 5.03. The molecule has 0 aliphatic heterocycles. The zero-order chi connectivity index (χ0) is 18.7. The van der Waals surface area contributed by atoms with Crippen LogP contribution in [-0.4, -0.2) is 18.9 Å². The number of carbonyl (C=O) groups excluding carboxylic acids is 2. The van der Waals surface area contributed by atoms with E-state index in [1.165, 1.54) is 14.0 Å². The topological polar surface area (TPSA) is 56.5 Å². The smallest absolute Gasteiger partial charge is 0.337 e. The van der Waals surface area contributed by atoms with E-state index in [2.05, 4.69) is 0 Å². The lowest BCUT2D eigenvalue weighted by Crippen LogP contribution is -2.05. The maximum Gasteiger partial charge on any atom is 0.337 e. The second kappa shape index (κ2) is 7.40. The molecule has 0 N–H and O–H groups in total. The van der Waals surface area contributed by atoms with Crippen molar-refractivity contribution in [1.82, 2.24) is 0 Å². The molecular weight excluding hydrogens is 328 g/mol. The Morgan fingerprint density at radius 2 is 1.58 bits per heavy atom. The minimum Gasteiger partial charge on any atom is -0.465 e. The van der Waals surface area contributed by atoms with Gasteiger partial charge in [0, 0.05) is 0 Å². The summed E-state index contributed by atoms with van der Waals surface area (Å²) < 4.78 is 10.7. The van der Waals surface area contributed by atoms with E-state index in [1.54, 1.807) is 19.1 Å². The normalized spacial score (nSPS) is 11.8. The first kappa shape index (κ1) is 17.7. The van der Waals surface area contributed by atoms with Crippen LogP contribution in [0, 0.1) is 6.92 Å². The van der Waals surface area contributed by atoms with Gasteiger partial charge in [-0.05, 0) is 43.2 Å². The summed E-state index contributed by atoms with van der Waals surface area (Å²) in [4.78, 5) is 23.5. The van der Waals surface area contributed by atoms with E-state index in [0.717, 1.165) is 11.1 Å². The highest BCUT2D eigenvalue weighted by molar-refractivity contribution is 5.95. The van der Waals surface area contributed by atoms with Crippen LogP contribution in [0.3, 0.4) is 0 Å². The van der Waals surface area contributed by atoms with Crippen molar-refractivity contribution in [2.24, 2.45) is 0 Å². The summed E-state index contributed by atoms with van der Waals surface area (Å²) in [7, 11) is 1.36. The molecule has 3 aromatic rings. The largest absolute Gasteiger partial charge is 0.465 e. The Labute approximate surface area is 152 Å². The van der Waals surface area contributed by atoms with Crippen molar-refractivity contribution in [2.75, 3.05) is 7.11 Å². The maximum absolute atomic E-state index is 11.8. The van der Waals surface area contributed by atoms with Gasteiger partial charge >= 0.3 is 5.97 Å². The molecule has 1 unspecified atom stereocenters. The van der Waals surface area contributed by atoms with Crippen LogP contribution in [-0.2, 0) is 4.74 Å². The molecule has 4 heteroatoms. The first-order valence-electron chi connectivity index (χ1n) is 8.35. The molecule has 0 spiro atoms. The van der Waals surface area contributed by atoms with Gasteiger partial charge in [-0.2, -0.15) is 0 Å². The lowest BCUT2D eigenvalue weighted by Gasteiger charge is -2.16. The second-order valence-electron chi connectivity index (χ2n) is 6.13. The van der Waals surface area contributed by atoms with Crippen LogP contribution in [0.1, 0.15) is 56.2 Å². The summed E-state index contributed by atoms with van der Waals surface area (Å²) >= 11 is 0. The summed E-state index contributed by atoms with van der Waals surface area (Å²) in [5, 5.41) is 0. The molecule has 26 heavy (non-hydrogen) atoms. The third-order valence-corrected chi connectivity index (χ3v) is 4.40. The summed E-state index contributed by atoms with van der Waals surface area (Å²) in [5.74, 6) is 0.741. The Morgan fingerprint density at radius 3 is 2.12 bits per heavy atom. The number of methoxy groups -OCH3 is 1. The fourth-order valence-corrected chi connectivity index (χ4v) is 3.09. The van der Waals surface area contributed by atoms with Crippen LogP contribution >= 0.6 is 0 Å². The van der Waals surface area contributed by atoms with Crippen LogP contribution in [0.4, 0.5) is 0 Å². The van der Waals surface area contributed by atoms with Gasteiger partial charge in [0.15, 0.2) is 5.78 Å². The summed E-state index contributed by atoms with van der Waals surface area (Å²) in [6, 6.07) is 19.0. The third kappa shape index (κ3) is 3.45. The maximum atomic E-state index is 11.8. The predicted octanol–water partition coefficient (Wildman–Crippen LogP) is 4.76. The summed E-state index contributed by atoms with van der Waals surface area (Å²) in [5.41, 5.74) is 3.09. The Morgan fingerprint density at radius 1 is 0.962 bits per heavy atom. The molecule has 1 heterocycles. The van der Waals surface area contributed by atoms with Crippen LogP contribution in [0.2, 0.25) is 0 Å². The quantitative estimate of drug-likeness (QED) is 0.493. The molecule has 0 aliphatic rings. The van der Waals surface area contributed by atoms with Crippen molar-refractivity contribution in [3.05, 3.63) is 94.4 Å². The number of aryl methyl sites for hydroxylation is 1. The van der Waals surface area contributed by atoms with Crippen LogP contribution in [0.25, 0.3) is 0 Å². The van der Waals surface area contributed by atoms with Crippen molar-refractivity contribution in [3.8, 4) is 0 Å². The lowest BCUT2D eigenvalue weighted by atomic mass is 9.88. The predicted molar refractivity (Wildman–Crippen MR) is 98.6 cm³/mol. The SMILES string of the molecule is COC(=O)c1ccc(C(c2ccccc2)c2cc(C(C)=O)c(C)o2)cc1. The number of hydrogen-bond acceptors (Lipinski definition) is 4. The van der Waals surface area contributed by atoms with Gasteiger partial charge in [0.2, 0.25) is 0 Å². The van der Waals surface area contributed by atoms with E-state index < -0.39 is 0 Å². The van der Waals surface area contributed by atoms with E-state index >= 15 is 0 Å². The van der Waals surface area contributed by atoms with Gasteiger partial charge < -0.3 is 9.15 Å². The lowest BCUT2D eigenvalue weighted by molar-refractivity contribution is 0.0600. The van der Waals surface area contributed by atoms with Gasteiger partial charge in [0.05, 0.1) is 24.2 Å². The van der Waals surface area contributed by atoms with E-state index in [9.17, 15) is 9.59 Å². The van der Waals surface area contributed by atoms with E-state index in [1.807, 2.05) is 48.5 Å². The van der Waals surface area contributed by atoms with Gasteiger partial charge in [0.1, 0.15) is 11.5 Å². The van der Waals surface area contributed by atoms with Crippen molar-refractivity contribution >= 4 is 11.8 Å². The van der Waals surface area contributed by atoms with E-state index in [4.69, 9.17) is 9.15 Å². The minimum atomic E-state index is -0.375. The molecule has 132 valence electrons. The average molecular weight is 348 g/mol. The average Bonchev–Trinajstić information content (AvgIpc) is 3.04. The standard InChI is InChI=1S/C22H20O4/c1-14(23)19-13-20(26-15(19)2)21(16-7-5-4-6-8-16)17-9-11-18(12-10-17)22(24)25-3/h4-13,21H,1-3H3. The highest BCUT2D eigenvalue weighted by Gasteiger charge is 2.23. The van der Waals surface area contributed by atoms with E-state index in [0.29, 0.717) is 22.6 Å². The van der Waals surface area contributed by atoms with Gasteiger partial charge in [-0.3, -0.25) is 4.79 Å². The Bertz CT molecular complexity index is 921. The van der Waals surface area contributed by atoms with Gasteiger partial charge in [0.25, 0.3) is 0 Å². The fraction of sp³-hybridized carbons (Fsp3) is 0.182. The number of rotatable bonds is 5. The summed E-state index contributed by atoms with van der Waals surface area (Å²) in [6.07, 6.45) is 0. The molecule has 0 fully saturated rings. The van der Waals surface area contributed by atoms with Gasteiger partial charge in [-0.1, -0.05) is 42.5 Å². The molecule has 1 atom stereocenters. The fourth-order valence-electron chi connectivity index (χ4n) is 3.09. The molecule has 0 aliphatic carbocycles. The number of furan rings is 1. The number of ketones is 1. The first-order chi connectivity index (χ1) is 12.5. The monoisotopic (exact) mass is 348 g/mol. The molecule has 0 amide bonds. The second-order valence-corrected chi connectivity index (χ2v) is 6.13. The van der Waals surface area contributed by atoms with Crippen molar-refractivity contribution < 1.29 is 18.7 Å². The van der Waals surface area contributed by atoms with Crippen LogP contribution in [0.5, 0.6) is 0 Å². The van der Waals surface area contributed by atoms with Crippen molar-refractivity contribution in [2.45, 2.75) is 19.8 Å². The molecular formula is C22H20O4. The molecule has 1 aromatic heterocycles. The Hall–Kier alpha value is -3.14. The zero-order valence-electron chi connectivity index (χ0n) is 15.0. The molecule has 0 bridgehead atoms. The Balaban J connectivity index is 2.09. The van der Waals surface area contributed by atoms with Crippen molar-refractivity contribution in [1.29, 1.82) is 0 Å².